The highest BCUT2D eigenvalue weighted by Crippen LogP contribution is 2.42. The van der Waals surface area contributed by atoms with Crippen LogP contribution in [0.25, 0.3) is 0 Å². The maximum Gasteiger partial charge on any atom is 0.418 e. The van der Waals surface area contributed by atoms with Gasteiger partial charge in [-0.1, -0.05) is 39.7 Å². The summed E-state index contributed by atoms with van der Waals surface area (Å²) in [5.74, 6) is -2.25. The summed E-state index contributed by atoms with van der Waals surface area (Å²) >= 11 is 9.30. The molecule has 0 aromatic heterocycles. The Labute approximate surface area is 235 Å². The van der Waals surface area contributed by atoms with E-state index in [2.05, 4.69) is 26.2 Å². The summed E-state index contributed by atoms with van der Waals surface area (Å²) < 4.78 is 48.0. The molecule has 1 aromatic rings. The van der Waals surface area contributed by atoms with Crippen LogP contribution in [0.3, 0.4) is 0 Å². The number of rotatable bonds is 4. The van der Waals surface area contributed by atoms with Gasteiger partial charge in [0.25, 0.3) is 11.8 Å². The van der Waals surface area contributed by atoms with E-state index in [-0.39, 0.29) is 58.2 Å². The van der Waals surface area contributed by atoms with Crippen molar-refractivity contribution >= 4 is 56.7 Å². The largest absolute Gasteiger partial charge is 0.418 e. The lowest BCUT2D eigenvalue weighted by molar-refractivity contribution is -0.137. The molecular weight excluding hydrogens is 605 g/mol. The predicted octanol–water partition coefficient (Wildman–Crippen LogP) is 3.85. The molecule has 4 aliphatic rings. The molecule has 3 aliphatic heterocycles. The average Bonchev–Trinajstić information content (AvgIpc) is 3.35. The molecule has 0 bridgehead atoms. The Morgan fingerprint density at radius 1 is 1.18 bits per heavy atom. The first-order valence-corrected chi connectivity index (χ1v) is 13.4. The number of aliphatic imine (C=N–C) groups is 1. The van der Waals surface area contributed by atoms with Gasteiger partial charge in [0.05, 0.1) is 46.7 Å². The predicted molar refractivity (Wildman–Crippen MR) is 142 cm³/mol. The zero-order chi connectivity index (χ0) is 27.9. The molecule has 206 valence electrons. The minimum Gasteiger partial charge on any atom is -0.378 e. The van der Waals surface area contributed by atoms with Gasteiger partial charge in [0.2, 0.25) is 5.91 Å². The van der Waals surface area contributed by atoms with Gasteiger partial charge in [0.1, 0.15) is 0 Å². The molecule has 1 unspecified atom stereocenters. The van der Waals surface area contributed by atoms with E-state index >= 15 is 0 Å². The number of dihydropyridines is 1. The van der Waals surface area contributed by atoms with E-state index in [1.165, 1.54) is 15.9 Å². The molecule has 39 heavy (non-hydrogen) atoms. The van der Waals surface area contributed by atoms with Crippen molar-refractivity contribution in [2.75, 3.05) is 44.3 Å². The lowest BCUT2D eigenvalue weighted by Gasteiger charge is -2.31. The van der Waals surface area contributed by atoms with Crippen molar-refractivity contribution in [3.63, 3.8) is 0 Å². The van der Waals surface area contributed by atoms with Crippen molar-refractivity contribution in [3.05, 3.63) is 62.6 Å². The Morgan fingerprint density at radius 2 is 1.92 bits per heavy atom. The number of allylic oxidation sites excluding steroid dienone is 4. The summed E-state index contributed by atoms with van der Waals surface area (Å²) in [5.41, 5.74) is -0.779. The van der Waals surface area contributed by atoms with E-state index in [4.69, 9.17) is 16.3 Å². The standard InChI is InChI=1S/C26H23BrClF3N4O4/c27-14-10-18(25(38)34-6-8-39-9-7-34)23(19(11-14)26(29,30)31)35-5-4-15(13-35)32-24(37)17-12-21(36)33-22-16(17)2-1-3-20(22)28/h1-3,10-12,15-16H,4-9,13H2,(H,32,37)/t15-,16?/m1/s1. The quantitative estimate of drug-likeness (QED) is 0.548. The number of fused-ring (bicyclic) bond motifs is 1. The number of hydrogen-bond donors (Lipinski definition) is 1. The molecule has 2 saturated heterocycles. The summed E-state index contributed by atoms with van der Waals surface area (Å²) in [6, 6.07) is 1.84. The zero-order valence-corrected chi connectivity index (χ0v) is 22.8. The van der Waals surface area contributed by atoms with Crippen LogP contribution < -0.4 is 10.2 Å². The normalized spacial score (nSPS) is 23.2. The van der Waals surface area contributed by atoms with Gasteiger partial charge in [0.15, 0.2) is 0 Å². The molecule has 1 N–H and O–H groups in total. The maximum absolute atomic E-state index is 14.2. The van der Waals surface area contributed by atoms with E-state index in [1.807, 2.05) is 0 Å². The van der Waals surface area contributed by atoms with Gasteiger partial charge in [-0.2, -0.15) is 13.2 Å². The summed E-state index contributed by atoms with van der Waals surface area (Å²) in [7, 11) is 0. The number of nitrogens with one attached hydrogen (secondary N) is 1. The molecule has 0 radical (unpaired) electrons. The third kappa shape index (κ3) is 5.68. The number of carbonyl (C=O) groups is 3. The van der Waals surface area contributed by atoms with Gasteiger partial charge in [-0.15, -0.1) is 0 Å². The van der Waals surface area contributed by atoms with Gasteiger partial charge in [0, 0.05) is 48.3 Å². The smallest absolute Gasteiger partial charge is 0.378 e. The molecule has 5 rings (SSSR count). The average molecular weight is 628 g/mol. The third-order valence-corrected chi connectivity index (χ3v) is 7.72. The van der Waals surface area contributed by atoms with Crippen LogP contribution in [0, 0.1) is 5.92 Å². The van der Waals surface area contributed by atoms with Crippen LogP contribution in [0.1, 0.15) is 22.3 Å². The fraction of sp³-hybridized carbons (Fsp3) is 0.385. The molecular formula is C26H23BrClF3N4O4. The fourth-order valence-electron chi connectivity index (χ4n) is 5.14. The van der Waals surface area contributed by atoms with Gasteiger partial charge in [-0.3, -0.25) is 14.4 Å². The monoisotopic (exact) mass is 626 g/mol. The minimum absolute atomic E-state index is 0.0448. The Balaban J connectivity index is 1.39. The van der Waals surface area contributed by atoms with Crippen molar-refractivity contribution in [3.8, 4) is 0 Å². The second-order valence-corrected chi connectivity index (χ2v) is 10.8. The second kappa shape index (κ2) is 10.9. The number of alkyl halides is 3. The van der Waals surface area contributed by atoms with Gasteiger partial charge >= 0.3 is 6.18 Å². The first-order valence-electron chi connectivity index (χ1n) is 12.2. The molecule has 13 heteroatoms. The van der Waals surface area contributed by atoms with E-state index < -0.39 is 41.4 Å². The lowest BCUT2D eigenvalue weighted by Crippen LogP contribution is -2.42. The number of benzene rings is 1. The van der Waals surface area contributed by atoms with Crippen LogP contribution >= 0.6 is 27.5 Å². The number of ether oxygens (including phenoxy) is 1. The van der Waals surface area contributed by atoms with Gasteiger partial charge in [-0.05, 0) is 24.6 Å². The first-order chi connectivity index (χ1) is 18.5. The zero-order valence-electron chi connectivity index (χ0n) is 20.4. The van der Waals surface area contributed by atoms with Crippen LogP contribution in [0.4, 0.5) is 18.9 Å². The summed E-state index contributed by atoms with van der Waals surface area (Å²) in [5, 5.41) is 3.10. The Morgan fingerprint density at radius 3 is 2.64 bits per heavy atom. The van der Waals surface area contributed by atoms with E-state index in [9.17, 15) is 27.6 Å². The van der Waals surface area contributed by atoms with Crippen LogP contribution in [0.15, 0.2) is 56.5 Å². The highest BCUT2D eigenvalue weighted by atomic mass is 79.9. The molecule has 2 atom stereocenters. The Hall–Kier alpha value is -2.96. The number of hydrogen-bond acceptors (Lipinski definition) is 5. The molecule has 1 aliphatic carbocycles. The summed E-state index contributed by atoms with van der Waals surface area (Å²) in [6.07, 6.45) is 1.71. The Bertz CT molecular complexity index is 1350. The van der Waals surface area contributed by atoms with Crippen molar-refractivity contribution in [2.45, 2.75) is 18.6 Å². The molecule has 3 amide bonds. The first kappa shape index (κ1) is 27.6. The number of carbonyl (C=O) groups excluding carboxylic acids is 3. The number of nitrogens with zero attached hydrogens (tertiary/aromatic N) is 3. The van der Waals surface area contributed by atoms with E-state index in [0.29, 0.717) is 19.6 Å². The summed E-state index contributed by atoms with van der Waals surface area (Å²) in [6.45, 7) is 1.39. The van der Waals surface area contributed by atoms with Crippen molar-refractivity contribution in [1.82, 2.24) is 10.2 Å². The highest BCUT2D eigenvalue weighted by Gasteiger charge is 2.41. The maximum atomic E-state index is 14.2. The molecule has 0 saturated carbocycles. The molecule has 8 nitrogen and oxygen atoms in total. The molecule has 0 spiro atoms. The minimum atomic E-state index is -4.72. The van der Waals surface area contributed by atoms with Gasteiger partial charge in [-0.25, -0.2) is 4.99 Å². The number of amides is 3. The fourth-order valence-corrected chi connectivity index (χ4v) is 5.83. The lowest BCUT2D eigenvalue weighted by atomic mass is 9.87. The van der Waals surface area contributed by atoms with Crippen LogP contribution in [0.2, 0.25) is 0 Å². The van der Waals surface area contributed by atoms with Crippen LogP contribution in [0.5, 0.6) is 0 Å². The number of anilines is 1. The van der Waals surface area contributed by atoms with Gasteiger partial charge < -0.3 is 19.9 Å². The summed E-state index contributed by atoms with van der Waals surface area (Å²) in [4.78, 5) is 45.6. The molecule has 3 heterocycles. The van der Waals surface area contributed by atoms with E-state index in [0.717, 1.165) is 12.1 Å². The van der Waals surface area contributed by atoms with Crippen LogP contribution in [-0.4, -0.2) is 73.8 Å². The number of morpholine rings is 1. The van der Waals surface area contributed by atoms with E-state index in [1.54, 1.807) is 18.2 Å². The topological polar surface area (TPSA) is 91.3 Å². The molecule has 2 fully saturated rings. The third-order valence-electron chi connectivity index (χ3n) is 6.94. The van der Waals surface area contributed by atoms with Crippen molar-refractivity contribution in [2.24, 2.45) is 10.9 Å². The van der Waals surface area contributed by atoms with Crippen molar-refractivity contribution in [1.29, 1.82) is 0 Å². The second-order valence-electron chi connectivity index (χ2n) is 9.47. The van der Waals surface area contributed by atoms with Crippen molar-refractivity contribution < 1.29 is 32.3 Å². The van der Waals surface area contributed by atoms with Crippen LogP contribution in [-0.2, 0) is 20.5 Å². The SMILES string of the molecule is O=C1C=C(C(=O)N[C@@H]2CCN(c3c(C(=O)N4CCOCC4)cc(Br)cc3C(F)(F)F)C2)C2C=CC=C(Cl)C2=N1. The molecule has 1 aromatic carbocycles. The highest BCUT2D eigenvalue weighted by molar-refractivity contribution is 9.10. The Kier molecular flexibility index (Phi) is 7.71. The number of halogens is 5.